The van der Waals surface area contributed by atoms with Crippen molar-refractivity contribution in [2.75, 3.05) is 4.90 Å². The van der Waals surface area contributed by atoms with Crippen molar-refractivity contribution in [3.8, 4) is 0 Å². The first-order valence-corrected chi connectivity index (χ1v) is 6.16. The molecule has 0 fully saturated rings. The van der Waals surface area contributed by atoms with E-state index >= 15 is 0 Å². The lowest BCUT2D eigenvalue weighted by Gasteiger charge is -2.26. The zero-order chi connectivity index (χ0) is 14.6. The summed E-state index contributed by atoms with van der Waals surface area (Å²) in [4.78, 5) is 23.3. The van der Waals surface area contributed by atoms with E-state index in [0.717, 1.165) is 11.0 Å². The Hall–Kier alpha value is -1.62. The minimum atomic E-state index is -1.18. The summed E-state index contributed by atoms with van der Waals surface area (Å²) < 4.78 is 13.7. The van der Waals surface area contributed by atoms with Crippen molar-refractivity contribution >= 4 is 29.7 Å². The van der Waals surface area contributed by atoms with Crippen molar-refractivity contribution < 1.29 is 19.1 Å². The number of halogens is 2. The van der Waals surface area contributed by atoms with Gasteiger partial charge in [0.2, 0.25) is 6.41 Å². The molecule has 1 unspecified atom stereocenters. The van der Waals surface area contributed by atoms with Gasteiger partial charge in [0.15, 0.2) is 0 Å². The Morgan fingerprint density at radius 3 is 2.63 bits per heavy atom. The molecule has 1 amide bonds. The fourth-order valence-electron chi connectivity index (χ4n) is 1.76. The van der Waals surface area contributed by atoms with Gasteiger partial charge in [-0.1, -0.05) is 25.4 Å². The van der Waals surface area contributed by atoms with E-state index in [4.69, 9.17) is 11.6 Å². The number of aliphatic carboxylic acids is 1. The molecule has 0 heterocycles. The number of hydrogen-bond acceptors (Lipinski definition) is 2. The second-order valence-corrected chi connectivity index (χ2v) is 5.03. The van der Waals surface area contributed by atoms with E-state index < -0.39 is 17.8 Å². The highest BCUT2D eigenvalue weighted by Crippen LogP contribution is 2.26. The fraction of sp³-hybridized carbons (Fsp3) is 0.385. The van der Waals surface area contributed by atoms with E-state index in [1.807, 2.05) is 13.8 Å². The predicted octanol–water partition coefficient (Wildman–Crippen LogP) is 2.94. The smallest absolute Gasteiger partial charge is 0.326 e. The molecule has 1 aromatic carbocycles. The van der Waals surface area contributed by atoms with Crippen LogP contribution < -0.4 is 4.90 Å². The maximum absolute atomic E-state index is 13.7. The van der Waals surface area contributed by atoms with Gasteiger partial charge in [-0.15, -0.1) is 0 Å². The van der Waals surface area contributed by atoms with Crippen LogP contribution in [-0.4, -0.2) is 23.5 Å². The lowest BCUT2D eigenvalue weighted by molar-refractivity contribution is -0.139. The van der Waals surface area contributed by atoms with Crippen LogP contribution >= 0.6 is 11.6 Å². The highest BCUT2D eigenvalue weighted by atomic mass is 35.5. The summed E-state index contributed by atoms with van der Waals surface area (Å²) in [5.41, 5.74) is -0.129. The van der Waals surface area contributed by atoms with Gasteiger partial charge in [-0.05, 0) is 30.5 Å². The summed E-state index contributed by atoms with van der Waals surface area (Å²) in [6.45, 7) is 3.65. The van der Waals surface area contributed by atoms with Gasteiger partial charge in [0.1, 0.15) is 11.9 Å². The Kier molecular flexibility index (Phi) is 5.30. The average molecular weight is 288 g/mol. The van der Waals surface area contributed by atoms with Crippen molar-refractivity contribution in [3.63, 3.8) is 0 Å². The summed E-state index contributed by atoms with van der Waals surface area (Å²) >= 11 is 5.75. The van der Waals surface area contributed by atoms with Gasteiger partial charge in [0, 0.05) is 5.02 Å². The number of carboxylic acids is 1. The summed E-state index contributed by atoms with van der Waals surface area (Å²) in [7, 11) is 0. The van der Waals surface area contributed by atoms with E-state index in [0.29, 0.717) is 6.41 Å². The number of amides is 1. The molecule has 104 valence electrons. The molecule has 1 N–H and O–H groups in total. The molecule has 0 bridgehead atoms. The van der Waals surface area contributed by atoms with E-state index in [2.05, 4.69) is 0 Å². The first kappa shape index (κ1) is 15.4. The third-order valence-corrected chi connectivity index (χ3v) is 2.85. The molecule has 0 aromatic heterocycles. The molecule has 0 aliphatic heterocycles. The normalized spacial score (nSPS) is 12.3. The summed E-state index contributed by atoms with van der Waals surface area (Å²) in [5.74, 6) is -1.82. The molecule has 0 aliphatic carbocycles. The van der Waals surface area contributed by atoms with Crippen LogP contribution in [0.25, 0.3) is 0 Å². The first-order valence-electron chi connectivity index (χ1n) is 5.78. The van der Waals surface area contributed by atoms with Crippen LogP contribution in [0, 0.1) is 11.7 Å². The van der Waals surface area contributed by atoms with Crippen LogP contribution in [0.15, 0.2) is 18.2 Å². The van der Waals surface area contributed by atoms with Gasteiger partial charge < -0.3 is 5.11 Å². The van der Waals surface area contributed by atoms with Gasteiger partial charge in [-0.2, -0.15) is 0 Å². The lowest BCUT2D eigenvalue weighted by atomic mass is 10.0. The molecular formula is C13H15ClFNO3. The average Bonchev–Trinajstić information content (AvgIpc) is 2.32. The minimum Gasteiger partial charge on any atom is -0.480 e. The van der Waals surface area contributed by atoms with Crippen LogP contribution in [0.4, 0.5) is 10.1 Å². The number of rotatable bonds is 6. The van der Waals surface area contributed by atoms with Gasteiger partial charge in [-0.25, -0.2) is 9.18 Å². The Balaban J connectivity index is 3.19. The maximum atomic E-state index is 13.7. The Morgan fingerprint density at radius 2 is 2.16 bits per heavy atom. The summed E-state index contributed by atoms with van der Waals surface area (Å²) in [6, 6.07) is 2.55. The zero-order valence-electron chi connectivity index (χ0n) is 10.6. The van der Waals surface area contributed by atoms with Crippen molar-refractivity contribution in [1.29, 1.82) is 0 Å². The van der Waals surface area contributed by atoms with Crippen molar-refractivity contribution in [1.82, 2.24) is 0 Å². The molecule has 1 rings (SSSR count). The third kappa shape index (κ3) is 3.92. The Bertz CT molecular complexity index is 479. The second-order valence-electron chi connectivity index (χ2n) is 4.59. The van der Waals surface area contributed by atoms with Crippen molar-refractivity contribution in [3.05, 3.63) is 29.0 Å². The highest BCUT2D eigenvalue weighted by Gasteiger charge is 2.28. The third-order valence-electron chi connectivity index (χ3n) is 2.62. The molecule has 6 heteroatoms. The predicted molar refractivity (Wildman–Crippen MR) is 70.8 cm³/mol. The molecule has 0 radical (unpaired) electrons. The number of anilines is 1. The van der Waals surface area contributed by atoms with Crippen LogP contribution in [-0.2, 0) is 9.59 Å². The van der Waals surface area contributed by atoms with Crippen LogP contribution in [0.5, 0.6) is 0 Å². The van der Waals surface area contributed by atoms with E-state index in [1.165, 1.54) is 12.1 Å². The Morgan fingerprint density at radius 1 is 1.53 bits per heavy atom. The van der Waals surface area contributed by atoms with E-state index in [9.17, 15) is 19.1 Å². The van der Waals surface area contributed by atoms with Gasteiger partial charge >= 0.3 is 5.97 Å². The molecule has 1 atom stereocenters. The number of carboxylic acid groups (broad SMARTS) is 1. The van der Waals surface area contributed by atoms with Crippen LogP contribution in [0.1, 0.15) is 20.3 Å². The number of carbonyl (C=O) groups excluding carboxylic acids is 1. The molecule has 19 heavy (non-hydrogen) atoms. The number of carbonyl (C=O) groups is 2. The molecule has 0 saturated heterocycles. The van der Waals surface area contributed by atoms with Crippen LogP contribution in [0.3, 0.4) is 0 Å². The largest absolute Gasteiger partial charge is 0.480 e. The zero-order valence-corrected chi connectivity index (χ0v) is 11.4. The van der Waals surface area contributed by atoms with Crippen LogP contribution in [0.2, 0.25) is 5.02 Å². The van der Waals surface area contributed by atoms with E-state index in [-0.39, 0.29) is 23.0 Å². The molecule has 4 nitrogen and oxygen atoms in total. The minimum absolute atomic E-state index is 0.0470. The SMILES string of the molecule is CC(C)CC(C(=O)O)N(C=O)c1cc(Cl)ccc1F. The standard InChI is InChI=1S/C13H15ClFNO3/c1-8(2)5-12(13(18)19)16(7-17)11-6-9(14)3-4-10(11)15/h3-4,6-8,12H,5H2,1-2H3,(H,18,19). The molecule has 0 aliphatic rings. The topological polar surface area (TPSA) is 57.6 Å². The van der Waals surface area contributed by atoms with Crippen molar-refractivity contribution in [2.24, 2.45) is 5.92 Å². The first-order chi connectivity index (χ1) is 8.86. The van der Waals surface area contributed by atoms with Gasteiger partial charge in [0.25, 0.3) is 0 Å². The lowest BCUT2D eigenvalue weighted by Crippen LogP contribution is -2.42. The highest BCUT2D eigenvalue weighted by molar-refractivity contribution is 6.30. The molecule has 0 saturated carbocycles. The van der Waals surface area contributed by atoms with E-state index in [1.54, 1.807) is 0 Å². The fourth-order valence-corrected chi connectivity index (χ4v) is 1.93. The second kappa shape index (κ2) is 6.52. The number of benzene rings is 1. The molecule has 0 spiro atoms. The van der Waals surface area contributed by atoms with Crippen molar-refractivity contribution in [2.45, 2.75) is 26.3 Å². The Labute approximate surface area is 115 Å². The number of hydrogen-bond donors (Lipinski definition) is 1. The van der Waals surface area contributed by atoms with Gasteiger partial charge in [0.05, 0.1) is 5.69 Å². The van der Waals surface area contributed by atoms with Gasteiger partial charge in [-0.3, -0.25) is 9.69 Å². The molecular weight excluding hydrogens is 273 g/mol. The maximum Gasteiger partial charge on any atom is 0.326 e. The summed E-state index contributed by atoms with van der Waals surface area (Å²) in [5, 5.41) is 9.42. The summed E-state index contributed by atoms with van der Waals surface area (Å²) in [6.07, 6.45) is 0.538. The quantitative estimate of drug-likeness (QED) is 0.819. The number of nitrogens with zero attached hydrogens (tertiary/aromatic N) is 1. The molecule has 1 aromatic rings. The monoisotopic (exact) mass is 287 g/mol.